The monoisotopic (exact) mass is 151 g/mol. The molecule has 2 nitrogen and oxygen atoms in total. The predicted molar refractivity (Wildman–Crippen MR) is 40.1 cm³/mol. The zero-order valence-electron chi connectivity index (χ0n) is 5.98. The van der Waals surface area contributed by atoms with E-state index in [1.807, 2.05) is 14.0 Å². The van der Waals surface area contributed by atoms with Gasteiger partial charge in [-0.3, -0.25) is 0 Å². The van der Waals surface area contributed by atoms with Gasteiger partial charge in [0.05, 0.1) is 12.0 Å². The number of hydrogen-bond donors (Lipinski definition) is 1. The van der Waals surface area contributed by atoms with Crippen LogP contribution in [0.25, 0.3) is 0 Å². The van der Waals surface area contributed by atoms with Gasteiger partial charge in [0.1, 0.15) is 0 Å². The van der Waals surface area contributed by atoms with E-state index in [1.165, 1.54) is 0 Å². The van der Waals surface area contributed by atoms with Gasteiger partial charge in [0.15, 0.2) is 0 Å². The molecule has 0 aromatic rings. The lowest BCUT2D eigenvalue weighted by atomic mass is 10.4. The van der Waals surface area contributed by atoms with Crippen molar-refractivity contribution < 1.29 is 4.74 Å². The van der Waals surface area contributed by atoms with Crippen molar-refractivity contribution in [3.8, 4) is 0 Å². The van der Waals surface area contributed by atoms with Crippen molar-refractivity contribution in [1.29, 1.82) is 0 Å². The first kappa shape index (κ1) is 9.21. The van der Waals surface area contributed by atoms with Crippen LogP contribution in [0, 0.1) is 0 Å². The van der Waals surface area contributed by atoms with Crippen LogP contribution in [0.15, 0.2) is 0 Å². The Bertz CT molecular complexity index is 61.0. The molecule has 0 spiro atoms. The van der Waals surface area contributed by atoms with Crippen molar-refractivity contribution in [3.63, 3.8) is 0 Å². The van der Waals surface area contributed by atoms with Crippen LogP contribution in [-0.4, -0.2) is 32.2 Å². The summed E-state index contributed by atoms with van der Waals surface area (Å²) in [6.45, 7) is 4.15. The molecular weight excluding hydrogens is 138 g/mol. The Labute approximate surface area is 61.5 Å². The highest BCUT2D eigenvalue weighted by atomic mass is 35.5. The minimum Gasteiger partial charge on any atom is -0.380 e. The lowest BCUT2D eigenvalue weighted by molar-refractivity contribution is 0.147. The summed E-state index contributed by atoms with van der Waals surface area (Å²) in [5.41, 5.74) is 0. The molecule has 1 unspecified atom stereocenters. The van der Waals surface area contributed by atoms with Gasteiger partial charge in [-0.2, -0.15) is 0 Å². The summed E-state index contributed by atoms with van der Waals surface area (Å²) < 4.78 is 5.08. The molecule has 0 aliphatic carbocycles. The average Bonchev–Trinajstić information content (AvgIpc) is 1.85. The topological polar surface area (TPSA) is 21.3 Å². The smallest absolute Gasteiger partial charge is 0.0694 e. The lowest BCUT2D eigenvalue weighted by Crippen LogP contribution is -2.23. The van der Waals surface area contributed by atoms with E-state index in [1.54, 1.807) is 0 Å². The van der Waals surface area contributed by atoms with E-state index in [-0.39, 0.29) is 5.38 Å². The highest BCUT2D eigenvalue weighted by molar-refractivity contribution is 6.20. The summed E-state index contributed by atoms with van der Waals surface area (Å²) in [6.07, 6.45) is 0. The molecule has 0 amide bonds. The minimum absolute atomic E-state index is 0.106. The molecule has 0 radical (unpaired) electrons. The van der Waals surface area contributed by atoms with Crippen molar-refractivity contribution in [2.75, 3.05) is 26.8 Å². The molecule has 0 saturated heterocycles. The van der Waals surface area contributed by atoms with Gasteiger partial charge in [-0.25, -0.2) is 0 Å². The van der Waals surface area contributed by atoms with Crippen LogP contribution < -0.4 is 5.32 Å². The predicted octanol–water partition coefficient (Wildman–Crippen LogP) is 0.850. The van der Waals surface area contributed by atoms with Crippen LogP contribution in [0.5, 0.6) is 0 Å². The molecule has 0 bridgehead atoms. The molecule has 0 fully saturated rings. The zero-order valence-corrected chi connectivity index (χ0v) is 6.74. The Morgan fingerprint density at radius 2 is 2.33 bits per heavy atom. The van der Waals surface area contributed by atoms with E-state index in [0.29, 0.717) is 6.61 Å². The molecule has 0 aromatic carbocycles. The number of halogens is 1. The summed E-state index contributed by atoms with van der Waals surface area (Å²) in [5.74, 6) is 0. The third-order valence-corrected chi connectivity index (χ3v) is 1.21. The van der Waals surface area contributed by atoms with Crippen LogP contribution in [0.3, 0.4) is 0 Å². The first-order valence-corrected chi connectivity index (χ1v) is 3.61. The number of rotatable bonds is 5. The third-order valence-electron chi connectivity index (χ3n) is 0.928. The molecule has 0 rings (SSSR count). The SMILES string of the molecule is CCOCC(Cl)CNC. The molecular formula is C6H14ClNO. The van der Waals surface area contributed by atoms with Crippen molar-refractivity contribution in [3.05, 3.63) is 0 Å². The van der Waals surface area contributed by atoms with Gasteiger partial charge in [-0.05, 0) is 14.0 Å². The summed E-state index contributed by atoms with van der Waals surface area (Å²) in [5, 5.41) is 3.07. The molecule has 1 N–H and O–H groups in total. The van der Waals surface area contributed by atoms with Gasteiger partial charge >= 0.3 is 0 Å². The maximum atomic E-state index is 5.77. The van der Waals surface area contributed by atoms with Gasteiger partial charge in [0.25, 0.3) is 0 Å². The van der Waals surface area contributed by atoms with E-state index in [0.717, 1.165) is 13.2 Å². The lowest BCUT2D eigenvalue weighted by Gasteiger charge is -2.06. The first-order valence-electron chi connectivity index (χ1n) is 3.17. The van der Waals surface area contributed by atoms with Crippen LogP contribution in [0.4, 0.5) is 0 Å². The quantitative estimate of drug-likeness (QED) is 0.589. The maximum Gasteiger partial charge on any atom is 0.0694 e. The van der Waals surface area contributed by atoms with Gasteiger partial charge < -0.3 is 10.1 Å². The van der Waals surface area contributed by atoms with Crippen LogP contribution in [0.1, 0.15) is 6.92 Å². The number of hydrogen-bond acceptors (Lipinski definition) is 2. The average molecular weight is 152 g/mol. The zero-order chi connectivity index (χ0) is 7.11. The summed E-state index contributed by atoms with van der Waals surface area (Å²) in [4.78, 5) is 0. The van der Waals surface area contributed by atoms with Gasteiger partial charge in [0.2, 0.25) is 0 Å². The Morgan fingerprint density at radius 1 is 1.67 bits per heavy atom. The molecule has 1 atom stereocenters. The van der Waals surface area contributed by atoms with Crippen molar-refractivity contribution in [2.45, 2.75) is 12.3 Å². The molecule has 0 saturated carbocycles. The van der Waals surface area contributed by atoms with E-state index in [2.05, 4.69) is 5.32 Å². The fraction of sp³-hybridized carbons (Fsp3) is 1.00. The van der Waals surface area contributed by atoms with Crippen LogP contribution in [-0.2, 0) is 4.74 Å². The van der Waals surface area contributed by atoms with E-state index < -0.39 is 0 Å². The minimum atomic E-state index is 0.106. The standard InChI is InChI=1S/C6H14ClNO/c1-3-9-5-6(7)4-8-2/h6,8H,3-5H2,1-2H3. The number of alkyl halides is 1. The number of nitrogens with one attached hydrogen (secondary N) is 1. The maximum absolute atomic E-state index is 5.77. The van der Waals surface area contributed by atoms with E-state index >= 15 is 0 Å². The normalized spacial score (nSPS) is 13.7. The summed E-state index contributed by atoms with van der Waals surface area (Å²) >= 11 is 5.77. The second-order valence-electron chi connectivity index (χ2n) is 1.81. The fourth-order valence-electron chi connectivity index (χ4n) is 0.526. The second-order valence-corrected chi connectivity index (χ2v) is 2.43. The van der Waals surface area contributed by atoms with Crippen molar-refractivity contribution in [2.24, 2.45) is 0 Å². The largest absolute Gasteiger partial charge is 0.380 e. The molecule has 0 aromatic heterocycles. The molecule has 0 heterocycles. The van der Waals surface area contributed by atoms with Crippen molar-refractivity contribution >= 4 is 11.6 Å². The highest BCUT2D eigenvalue weighted by Gasteiger charge is 2.00. The Balaban J connectivity index is 2.95. The Hall–Kier alpha value is 0.210. The molecule has 3 heteroatoms. The third kappa shape index (κ3) is 6.09. The Morgan fingerprint density at radius 3 is 2.78 bits per heavy atom. The molecule has 9 heavy (non-hydrogen) atoms. The number of ether oxygens (including phenoxy) is 1. The Kier molecular flexibility index (Phi) is 6.48. The van der Waals surface area contributed by atoms with Gasteiger partial charge in [-0.15, -0.1) is 11.6 Å². The summed E-state index contributed by atoms with van der Waals surface area (Å²) in [6, 6.07) is 0. The highest BCUT2D eigenvalue weighted by Crippen LogP contribution is 1.93. The van der Waals surface area contributed by atoms with E-state index in [9.17, 15) is 0 Å². The van der Waals surface area contributed by atoms with Crippen molar-refractivity contribution in [1.82, 2.24) is 5.32 Å². The summed E-state index contributed by atoms with van der Waals surface area (Å²) in [7, 11) is 1.88. The van der Waals surface area contributed by atoms with Gasteiger partial charge in [0, 0.05) is 13.2 Å². The molecule has 56 valence electrons. The van der Waals surface area contributed by atoms with Crippen LogP contribution in [0.2, 0.25) is 0 Å². The first-order chi connectivity index (χ1) is 4.31. The molecule has 0 aliphatic heterocycles. The van der Waals surface area contributed by atoms with Gasteiger partial charge in [-0.1, -0.05) is 0 Å². The second kappa shape index (κ2) is 6.33. The van der Waals surface area contributed by atoms with E-state index in [4.69, 9.17) is 16.3 Å². The fourth-order valence-corrected chi connectivity index (χ4v) is 0.770. The molecule has 0 aliphatic rings. The van der Waals surface area contributed by atoms with Crippen LogP contribution >= 0.6 is 11.6 Å².